The highest BCUT2D eigenvalue weighted by molar-refractivity contribution is 6.32. The summed E-state index contributed by atoms with van der Waals surface area (Å²) in [5.74, 6) is 0.736. The van der Waals surface area contributed by atoms with Gasteiger partial charge in [0.15, 0.2) is 12.8 Å². The molecule has 4 rings (SSSR count). The highest BCUT2D eigenvalue weighted by Crippen LogP contribution is 2.24. The number of pyridine rings is 1. The van der Waals surface area contributed by atoms with Crippen molar-refractivity contribution >= 4 is 28.7 Å². The van der Waals surface area contributed by atoms with E-state index in [9.17, 15) is 5.21 Å². The van der Waals surface area contributed by atoms with Gasteiger partial charge in [0.1, 0.15) is 17.5 Å². The minimum Gasteiger partial charge on any atom is -0.624 e. The largest absolute Gasteiger partial charge is 0.624 e. The molecule has 0 amide bonds. The minimum absolute atomic E-state index is 0.245. The lowest BCUT2D eigenvalue weighted by Crippen LogP contribution is -2.06. The van der Waals surface area contributed by atoms with Crippen molar-refractivity contribution in [2.24, 2.45) is 0 Å². The second-order valence-electron chi connectivity index (χ2n) is 6.69. The van der Waals surface area contributed by atoms with Gasteiger partial charge in [0.2, 0.25) is 0 Å². The van der Waals surface area contributed by atoms with Crippen LogP contribution in [0.3, 0.4) is 0 Å². The summed E-state index contributed by atoms with van der Waals surface area (Å²) in [6, 6.07) is 27.0. The Balaban J connectivity index is 1.56. The number of rotatable bonds is 6. The molecule has 0 saturated heterocycles. The number of hydrogen-bond donors (Lipinski definition) is 0. The third-order valence-corrected chi connectivity index (χ3v) is 4.78. The van der Waals surface area contributed by atoms with E-state index < -0.39 is 0 Å². The summed E-state index contributed by atoms with van der Waals surface area (Å²) in [7, 11) is 0. The molecule has 1 heterocycles. The lowest BCUT2D eigenvalue weighted by atomic mass is 10.1. The molecule has 5 heteroatoms. The second-order valence-corrected chi connectivity index (χ2v) is 7.05. The number of benzene rings is 3. The Bertz CT molecular complexity index is 1150. The molecule has 29 heavy (non-hydrogen) atoms. The number of ether oxygens (including phenoxy) is 1. The van der Waals surface area contributed by atoms with Crippen LogP contribution in [0.25, 0.3) is 10.9 Å². The lowest BCUT2D eigenvalue weighted by molar-refractivity contribution is -0.469. The first kappa shape index (κ1) is 19.0. The van der Waals surface area contributed by atoms with Gasteiger partial charge < -0.3 is 9.94 Å². The Morgan fingerprint density at radius 1 is 0.897 bits per heavy atom. The molecule has 144 valence electrons. The number of nitrogens with zero attached hydrogens (tertiary/aromatic N) is 2. The van der Waals surface area contributed by atoms with Crippen molar-refractivity contribution in [1.29, 1.82) is 0 Å². The number of aromatic nitrogens is 1. The highest BCUT2D eigenvalue weighted by Gasteiger charge is 2.08. The van der Waals surface area contributed by atoms with Crippen LogP contribution in [0, 0.1) is 5.21 Å². The molecule has 0 saturated carbocycles. The first-order valence-corrected chi connectivity index (χ1v) is 9.65. The molecule has 1 aromatic heterocycles. The summed E-state index contributed by atoms with van der Waals surface area (Å²) in [4.78, 5) is 4.41. The van der Waals surface area contributed by atoms with Gasteiger partial charge in [0.05, 0.1) is 11.1 Å². The summed E-state index contributed by atoms with van der Waals surface area (Å²) in [5.41, 5.74) is 3.35. The summed E-state index contributed by atoms with van der Waals surface area (Å²) >= 11 is 6.29. The average molecular weight is 403 g/mol. The normalized spacial score (nSPS) is 11.6. The number of fused-ring (bicyclic) bond motifs is 1. The quantitative estimate of drug-likeness (QED) is 0.139. The molecule has 0 spiro atoms. The van der Waals surface area contributed by atoms with Crippen LogP contribution in [-0.2, 0) is 13.2 Å². The molecule has 0 aliphatic heterocycles. The van der Waals surface area contributed by atoms with Crippen molar-refractivity contribution in [2.75, 3.05) is 0 Å². The van der Waals surface area contributed by atoms with E-state index in [1.165, 1.54) is 6.21 Å². The number of hydrogen-bond acceptors (Lipinski definition) is 3. The van der Waals surface area contributed by atoms with Crippen molar-refractivity contribution in [3.63, 3.8) is 0 Å². The summed E-state index contributed by atoms with van der Waals surface area (Å²) in [6.45, 7) is 0.729. The summed E-state index contributed by atoms with van der Waals surface area (Å²) in [6.07, 6.45) is 1.47. The monoisotopic (exact) mass is 402 g/mol. The molecule has 0 unspecified atom stereocenters. The Hall–Kier alpha value is -3.37. The van der Waals surface area contributed by atoms with Crippen LogP contribution in [0.4, 0.5) is 0 Å². The van der Waals surface area contributed by atoms with Crippen LogP contribution >= 0.6 is 11.6 Å². The molecule has 0 aliphatic rings. The van der Waals surface area contributed by atoms with Gasteiger partial charge in [-0.3, -0.25) is 0 Å². The maximum Gasteiger partial charge on any atom is 0.185 e. The van der Waals surface area contributed by atoms with Crippen LogP contribution in [0.5, 0.6) is 5.75 Å². The predicted molar refractivity (Wildman–Crippen MR) is 116 cm³/mol. The fourth-order valence-corrected chi connectivity index (χ4v) is 3.23. The Morgan fingerprint density at radius 3 is 2.31 bits per heavy atom. The molecule has 0 bridgehead atoms. The zero-order valence-corrected chi connectivity index (χ0v) is 16.4. The molecular formula is C24H19ClN2O2. The van der Waals surface area contributed by atoms with Crippen molar-refractivity contribution < 1.29 is 9.48 Å². The molecule has 0 atom stereocenters. The van der Waals surface area contributed by atoms with Gasteiger partial charge >= 0.3 is 0 Å². The first-order chi connectivity index (χ1) is 14.2. The maximum atomic E-state index is 12.3. The van der Waals surface area contributed by atoms with Crippen LogP contribution in [0.1, 0.15) is 16.7 Å². The van der Waals surface area contributed by atoms with Crippen LogP contribution in [0.15, 0.2) is 84.9 Å². The second kappa shape index (κ2) is 8.76. The lowest BCUT2D eigenvalue weighted by Gasteiger charge is -2.09. The SMILES string of the molecule is [O-]/[N+](=C\c1cc2cc(OCc3ccccc3)ccc2nc1Cl)Cc1ccccc1. The van der Waals surface area contributed by atoms with Gasteiger partial charge in [0, 0.05) is 10.9 Å². The molecule has 0 radical (unpaired) electrons. The fraction of sp³-hybridized carbons (Fsp3) is 0.0833. The summed E-state index contributed by atoms with van der Waals surface area (Å²) in [5, 5.41) is 13.5. The molecule has 4 nitrogen and oxygen atoms in total. The third-order valence-electron chi connectivity index (χ3n) is 4.48. The van der Waals surface area contributed by atoms with E-state index >= 15 is 0 Å². The van der Waals surface area contributed by atoms with Crippen molar-refractivity contribution in [3.05, 3.63) is 112 Å². The smallest absolute Gasteiger partial charge is 0.185 e. The maximum absolute atomic E-state index is 12.3. The summed E-state index contributed by atoms with van der Waals surface area (Å²) < 4.78 is 6.75. The van der Waals surface area contributed by atoms with Crippen molar-refractivity contribution in [2.45, 2.75) is 13.2 Å². The van der Waals surface area contributed by atoms with E-state index in [2.05, 4.69) is 4.98 Å². The topological polar surface area (TPSA) is 48.2 Å². The van der Waals surface area contributed by atoms with E-state index in [1.54, 1.807) is 0 Å². The Morgan fingerprint density at radius 2 is 1.59 bits per heavy atom. The number of halogens is 1. The Labute approximate surface area is 174 Å². The molecule has 4 aromatic rings. The molecule has 3 aromatic carbocycles. The van der Waals surface area contributed by atoms with E-state index in [-0.39, 0.29) is 6.54 Å². The molecular weight excluding hydrogens is 384 g/mol. The molecule has 0 aliphatic carbocycles. The van der Waals surface area contributed by atoms with Gasteiger partial charge in [-0.1, -0.05) is 72.3 Å². The van der Waals surface area contributed by atoms with Gasteiger partial charge in [-0.15, -0.1) is 0 Å². The van der Waals surface area contributed by atoms with Crippen molar-refractivity contribution in [1.82, 2.24) is 4.98 Å². The predicted octanol–water partition coefficient (Wildman–Crippen LogP) is 5.60. The van der Waals surface area contributed by atoms with E-state index in [4.69, 9.17) is 16.3 Å². The average Bonchev–Trinajstić information content (AvgIpc) is 2.74. The fourth-order valence-electron chi connectivity index (χ4n) is 3.03. The first-order valence-electron chi connectivity index (χ1n) is 9.27. The van der Waals surface area contributed by atoms with Gasteiger partial charge in [-0.2, -0.15) is 0 Å². The Kier molecular flexibility index (Phi) is 5.73. The van der Waals surface area contributed by atoms with Gasteiger partial charge in [-0.05, 0) is 29.8 Å². The minimum atomic E-state index is 0.245. The highest BCUT2D eigenvalue weighted by atomic mass is 35.5. The molecule has 0 N–H and O–H groups in total. The van der Waals surface area contributed by atoms with Crippen LogP contribution in [-0.4, -0.2) is 15.9 Å². The van der Waals surface area contributed by atoms with Crippen LogP contribution < -0.4 is 4.74 Å². The zero-order chi connectivity index (χ0) is 20.1. The molecule has 0 fully saturated rings. The van der Waals surface area contributed by atoms with E-state index in [1.807, 2.05) is 84.9 Å². The van der Waals surface area contributed by atoms with Crippen molar-refractivity contribution in [3.8, 4) is 5.75 Å². The van der Waals surface area contributed by atoms with E-state index in [0.29, 0.717) is 17.3 Å². The van der Waals surface area contributed by atoms with Crippen LogP contribution in [0.2, 0.25) is 5.15 Å². The van der Waals surface area contributed by atoms with E-state index in [0.717, 1.165) is 32.5 Å². The number of hydroxylamine groups is 1. The van der Waals surface area contributed by atoms with Gasteiger partial charge in [-0.25, -0.2) is 9.72 Å². The van der Waals surface area contributed by atoms with Gasteiger partial charge in [0.25, 0.3) is 0 Å². The third kappa shape index (κ3) is 4.92. The zero-order valence-electron chi connectivity index (χ0n) is 15.7. The standard InChI is InChI=1S/C24H19ClN2O2/c25-24-21(16-27(28)15-18-7-3-1-4-8-18)13-20-14-22(11-12-23(20)26-24)29-17-19-9-5-2-6-10-19/h1-14,16H,15,17H2/b27-16-.